The Bertz CT molecular complexity index is 546. The Morgan fingerprint density at radius 2 is 2.05 bits per heavy atom. The lowest BCUT2D eigenvalue weighted by Gasteiger charge is -2.30. The molecule has 0 spiro atoms. The second-order valence-corrected chi connectivity index (χ2v) is 5.75. The number of hydrogen-bond donors (Lipinski definition) is 2. The molecular formula is C16H22ClN3O2. The molecule has 0 aromatic heterocycles. The number of anilines is 1. The third kappa shape index (κ3) is 3.78. The number of nitrogens with one attached hydrogen (secondary N) is 2. The van der Waals surface area contributed by atoms with Gasteiger partial charge in [-0.25, -0.2) is 0 Å². The SMILES string of the molecule is Cl.O=C(CCN1C(=O)CCc2ccccc21)NCC1CNC1. The van der Waals surface area contributed by atoms with Crippen LogP contribution in [-0.2, 0) is 16.0 Å². The summed E-state index contributed by atoms with van der Waals surface area (Å²) in [4.78, 5) is 25.7. The summed E-state index contributed by atoms with van der Waals surface area (Å²) in [5.41, 5.74) is 2.16. The minimum Gasteiger partial charge on any atom is -0.356 e. The molecule has 120 valence electrons. The quantitative estimate of drug-likeness (QED) is 0.853. The lowest BCUT2D eigenvalue weighted by molar-refractivity contribution is -0.121. The third-order valence-electron chi connectivity index (χ3n) is 4.21. The number of hydrogen-bond acceptors (Lipinski definition) is 3. The van der Waals surface area contributed by atoms with Gasteiger partial charge in [0.05, 0.1) is 0 Å². The number of para-hydroxylation sites is 1. The maximum Gasteiger partial charge on any atom is 0.227 e. The first-order chi connectivity index (χ1) is 10.2. The average molecular weight is 324 g/mol. The number of amides is 2. The molecule has 1 saturated heterocycles. The van der Waals surface area contributed by atoms with Gasteiger partial charge in [-0.3, -0.25) is 9.59 Å². The van der Waals surface area contributed by atoms with Gasteiger partial charge in [0.1, 0.15) is 0 Å². The van der Waals surface area contributed by atoms with Crippen molar-refractivity contribution in [2.75, 3.05) is 31.1 Å². The van der Waals surface area contributed by atoms with Gasteiger partial charge >= 0.3 is 0 Å². The fraction of sp³-hybridized carbons (Fsp3) is 0.500. The van der Waals surface area contributed by atoms with Crippen LogP contribution in [0.2, 0.25) is 0 Å². The molecule has 2 heterocycles. The van der Waals surface area contributed by atoms with Crippen molar-refractivity contribution < 1.29 is 9.59 Å². The Morgan fingerprint density at radius 1 is 1.27 bits per heavy atom. The number of halogens is 1. The summed E-state index contributed by atoms with van der Waals surface area (Å²) >= 11 is 0. The maximum absolute atomic E-state index is 12.1. The van der Waals surface area contributed by atoms with Gasteiger partial charge in [0, 0.05) is 50.6 Å². The van der Waals surface area contributed by atoms with E-state index in [1.807, 2.05) is 18.2 Å². The summed E-state index contributed by atoms with van der Waals surface area (Å²) in [5, 5.41) is 6.13. The summed E-state index contributed by atoms with van der Waals surface area (Å²) in [6.07, 6.45) is 1.69. The molecule has 0 atom stereocenters. The summed E-state index contributed by atoms with van der Waals surface area (Å²) in [7, 11) is 0. The molecule has 0 saturated carbocycles. The normalized spacial score (nSPS) is 17.3. The first-order valence-corrected chi connectivity index (χ1v) is 7.60. The number of carbonyl (C=O) groups is 2. The molecule has 0 unspecified atom stereocenters. The van der Waals surface area contributed by atoms with E-state index in [1.165, 1.54) is 5.56 Å². The minimum atomic E-state index is 0. The van der Waals surface area contributed by atoms with Crippen molar-refractivity contribution >= 4 is 29.9 Å². The van der Waals surface area contributed by atoms with Crippen LogP contribution in [0.15, 0.2) is 24.3 Å². The predicted molar refractivity (Wildman–Crippen MR) is 88.4 cm³/mol. The van der Waals surface area contributed by atoms with Crippen molar-refractivity contribution in [3.8, 4) is 0 Å². The highest BCUT2D eigenvalue weighted by Gasteiger charge is 2.24. The smallest absolute Gasteiger partial charge is 0.227 e. The van der Waals surface area contributed by atoms with E-state index in [2.05, 4.69) is 16.7 Å². The molecular weight excluding hydrogens is 302 g/mol. The highest BCUT2D eigenvalue weighted by molar-refractivity contribution is 5.96. The van der Waals surface area contributed by atoms with Crippen molar-refractivity contribution in [3.63, 3.8) is 0 Å². The van der Waals surface area contributed by atoms with Gasteiger partial charge in [0.15, 0.2) is 0 Å². The van der Waals surface area contributed by atoms with Gasteiger partial charge in [-0.1, -0.05) is 18.2 Å². The van der Waals surface area contributed by atoms with Crippen LogP contribution in [0, 0.1) is 5.92 Å². The average Bonchev–Trinajstić information content (AvgIpc) is 2.44. The van der Waals surface area contributed by atoms with E-state index in [9.17, 15) is 9.59 Å². The zero-order valence-electron chi connectivity index (χ0n) is 12.5. The largest absolute Gasteiger partial charge is 0.356 e. The van der Waals surface area contributed by atoms with Crippen molar-refractivity contribution in [3.05, 3.63) is 29.8 Å². The Hall–Kier alpha value is -1.59. The maximum atomic E-state index is 12.1. The third-order valence-corrected chi connectivity index (χ3v) is 4.21. The van der Waals surface area contributed by atoms with Crippen molar-refractivity contribution in [1.29, 1.82) is 0 Å². The second-order valence-electron chi connectivity index (χ2n) is 5.75. The topological polar surface area (TPSA) is 61.4 Å². The van der Waals surface area contributed by atoms with Crippen LogP contribution in [0.5, 0.6) is 0 Å². The van der Waals surface area contributed by atoms with E-state index in [0.29, 0.717) is 25.3 Å². The molecule has 1 aromatic rings. The summed E-state index contributed by atoms with van der Waals surface area (Å²) in [6, 6.07) is 7.95. The number of carbonyl (C=O) groups excluding carboxylic acids is 2. The molecule has 22 heavy (non-hydrogen) atoms. The fourth-order valence-corrected chi connectivity index (χ4v) is 2.79. The highest BCUT2D eigenvalue weighted by Crippen LogP contribution is 2.27. The molecule has 0 aliphatic carbocycles. The number of nitrogens with zero attached hydrogens (tertiary/aromatic N) is 1. The van der Waals surface area contributed by atoms with Crippen LogP contribution in [0.4, 0.5) is 5.69 Å². The minimum absolute atomic E-state index is 0. The molecule has 0 radical (unpaired) electrons. The molecule has 6 heteroatoms. The highest BCUT2D eigenvalue weighted by atomic mass is 35.5. The van der Waals surface area contributed by atoms with Gasteiger partial charge in [0.2, 0.25) is 11.8 Å². The van der Waals surface area contributed by atoms with Crippen molar-refractivity contribution in [1.82, 2.24) is 10.6 Å². The first-order valence-electron chi connectivity index (χ1n) is 7.60. The number of benzene rings is 1. The predicted octanol–water partition coefficient (Wildman–Crippen LogP) is 1.11. The fourth-order valence-electron chi connectivity index (χ4n) is 2.79. The molecule has 0 bridgehead atoms. The molecule has 3 rings (SSSR count). The Balaban J connectivity index is 0.00000176. The Kier molecular flexibility index (Phi) is 5.80. The van der Waals surface area contributed by atoms with Gasteiger partial charge in [-0.05, 0) is 18.1 Å². The zero-order valence-corrected chi connectivity index (χ0v) is 13.3. The van der Waals surface area contributed by atoms with Crippen molar-refractivity contribution in [2.45, 2.75) is 19.3 Å². The molecule has 1 fully saturated rings. The van der Waals surface area contributed by atoms with Gasteiger partial charge < -0.3 is 15.5 Å². The van der Waals surface area contributed by atoms with Crippen LogP contribution >= 0.6 is 12.4 Å². The molecule has 5 nitrogen and oxygen atoms in total. The lowest BCUT2D eigenvalue weighted by atomic mass is 10.0. The number of aryl methyl sites for hydroxylation is 1. The van der Waals surface area contributed by atoms with E-state index in [4.69, 9.17) is 0 Å². The van der Waals surface area contributed by atoms with E-state index < -0.39 is 0 Å². The van der Waals surface area contributed by atoms with Crippen molar-refractivity contribution in [2.24, 2.45) is 5.92 Å². The summed E-state index contributed by atoms with van der Waals surface area (Å²) in [5.74, 6) is 0.703. The van der Waals surface area contributed by atoms with Gasteiger partial charge in [0.25, 0.3) is 0 Å². The lowest BCUT2D eigenvalue weighted by Crippen LogP contribution is -2.48. The Labute approximate surface area is 136 Å². The number of fused-ring (bicyclic) bond motifs is 1. The second kappa shape index (κ2) is 7.61. The van der Waals surface area contributed by atoms with E-state index >= 15 is 0 Å². The first kappa shape index (κ1) is 16.8. The summed E-state index contributed by atoms with van der Waals surface area (Å²) < 4.78 is 0. The zero-order chi connectivity index (χ0) is 14.7. The van der Waals surface area contributed by atoms with Crippen LogP contribution in [0.3, 0.4) is 0 Å². The standard InChI is InChI=1S/C16H21N3O2.ClH/c20-15(18-11-12-9-17-10-12)7-8-19-14-4-2-1-3-13(14)5-6-16(19)21;/h1-4,12,17H,5-11H2,(H,18,20);1H. The van der Waals surface area contributed by atoms with Crippen LogP contribution in [0.25, 0.3) is 0 Å². The van der Waals surface area contributed by atoms with E-state index in [0.717, 1.165) is 31.7 Å². The molecule has 2 aliphatic heterocycles. The molecule has 2 aliphatic rings. The molecule has 1 aromatic carbocycles. The molecule has 2 amide bonds. The van der Waals surface area contributed by atoms with Gasteiger partial charge in [-0.15, -0.1) is 12.4 Å². The molecule has 2 N–H and O–H groups in total. The van der Waals surface area contributed by atoms with E-state index in [-0.39, 0.29) is 24.2 Å². The van der Waals surface area contributed by atoms with Crippen LogP contribution < -0.4 is 15.5 Å². The van der Waals surface area contributed by atoms with E-state index in [1.54, 1.807) is 4.90 Å². The van der Waals surface area contributed by atoms with Gasteiger partial charge in [-0.2, -0.15) is 0 Å². The Morgan fingerprint density at radius 3 is 2.77 bits per heavy atom. The summed E-state index contributed by atoms with van der Waals surface area (Å²) in [6.45, 7) is 3.16. The van der Waals surface area contributed by atoms with Crippen LogP contribution in [0.1, 0.15) is 18.4 Å². The monoisotopic (exact) mass is 323 g/mol. The number of rotatable bonds is 5. The van der Waals surface area contributed by atoms with Crippen LogP contribution in [-0.4, -0.2) is 38.0 Å².